The van der Waals surface area contributed by atoms with Crippen molar-refractivity contribution in [1.29, 1.82) is 0 Å². The second kappa shape index (κ2) is 8.73. The maximum atomic E-state index is 11.9. The third kappa shape index (κ3) is 4.25. The van der Waals surface area contributed by atoms with Gasteiger partial charge in [-0.05, 0) is 56.1 Å². The minimum Gasteiger partial charge on any atom is -0.491 e. The molecule has 6 heteroatoms. The summed E-state index contributed by atoms with van der Waals surface area (Å²) < 4.78 is 11.0. The van der Waals surface area contributed by atoms with Gasteiger partial charge in [-0.1, -0.05) is 18.2 Å². The number of ether oxygens (including phenoxy) is 1. The third-order valence-corrected chi connectivity index (χ3v) is 5.50. The number of hydrogen-bond donors (Lipinski definition) is 3. The Morgan fingerprint density at radius 2 is 1.97 bits per heavy atom. The Hall–Kier alpha value is -3.09. The molecule has 156 valence electrons. The molecule has 0 aliphatic carbocycles. The van der Waals surface area contributed by atoms with Crippen LogP contribution in [0.3, 0.4) is 0 Å². The average molecular weight is 406 g/mol. The molecule has 6 nitrogen and oxygen atoms in total. The second-order valence-corrected chi connectivity index (χ2v) is 7.58. The SMILES string of the molecule is Cc1c(C)c2ccc(OCC(O)CNCCc3c[nH]c4ccccc34)cc2oc1=O. The molecule has 4 aromatic rings. The van der Waals surface area contributed by atoms with E-state index < -0.39 is 6.10 Å². The molecule has 0 radical (unpaired) electrons. The summed E-state index contributed by atoms with van der Waals surface area (Å²) in [5, 5.41) is 15.6. The van der Waals surface area contributed by atoms with Crippen molar-refractivity contribution < 1.29 is 14.3 Å². The molecule has 0 aliphatic rings. The minimum atomic E-state index is -0.643. The number of aliphatic hydroxyl groups excluding tert-OH is 1. The van der Waals surface area contributed by atoms with Crippen LogP contribution in [0.5, 0.6) is 5.75 Å². The van der Waals surface area contributed by atoms with Crippen LogP contribution in [0.4, 0.5) is 0 Å². The van der Waals surface area contributed by atoms with Crippen LogP contribution in [-0.4, -0.2) is 35.9 Å². The van der Waals surface area contributed by atoms with Crippen LogP contribution in [-0.2, 0) is 6.42 Å². The number of aromatic amines is 1. The topological polar surface area (TPSA) is 87.5 Å². The van der Waals surface area contributed by atoms with Gasteiger partial charge in [0.05, 0.1) is 0 Å². The zero-order valence-electron chi connectivity index (χ0n) is 17.2. The fourth-order valence-electron chi connectivity index (χ4n) is 3.60. The molecule has 0 aliphatic heterocycles. The Balaban J connectivity index is 1.27. The van der Waals surface area contributed by atoms with E-state index in [0.29, 0.717) is 23.4 Å². The predicted octanol–water partition coefficient (Wildman–Crippen LogP) is 3.46. The standard InChI is InChI=1S/C24H26N2O4/c1-15-16(2)24(28)30-23-11-19(7-8-20(15)23)29-14-18(27)13-25-10-9-17-12-26-22-6-4-3-5-21(17)22/h3-8,11-12,18,25-27H,9-10,13-14H2,1-2H3. The predicted molar refractivity (Wildman–Crippen MR) is 118 cm³/mol. The number of aromatic nitrogens is 1. The quantitative estimate of drug-likeness (QED) is 0.308. The molecule has 2 aromatic heterocycles. The van der Waals surface area contributed by atoms with E-state index in [4.69, 9.17) is 9.15 Å². The van der Waals surface area contributed by atoms with Gasteiger partial charge in [0.15, 0.2) is 0 Å². The van der Waals surface area contributed by atoms with Crippen molar-refractivity contribution in [2.24, 2.45) is 0 Å². The fourth-order valence-corrected chi connectivity index (χ4v) is 3.60. The molecule has 0 saturated carbocycles. The largest absolute Gasteiger partial charge is 0.491 e. The molecular weight excluding hydrogens is 380 g/mol. The van der Waals surface area contributed by atoms with Gasteiger partial charge in [-0.3, -0.25) is 0 Å². The number of rotatable bonds is 8. The Kier molecular flexibility index (Phi) is 5.88. The monoisotopic (exact) mass is 406 g/mol. The van der Waals surface area contributed by atoms with E-state index in [1.807, 2.05) is 37.4 Å². The number of nitrogens with one attached hydrogen (secondary N) is 2. The van der Waals surface area contributed by atoms with Crippen LogP contribution >= 0.6 is 0 Å². The maximum absolute atomic E-state index is 11.9. The number of para-hydroxylation sites is 1. The summed E-state index contributed by atoms with van der Waals surface area (Å²) in [6.07, 6.45) is 2.27. The summed E-state index contributed by atoms with van der Waals surface area (Å²) in [6, 6.07) is 13.6. The van der Waals surface area contributed by atoms with Crippen LogP contribution in [0, 0.1) is 13.8 Å². The molecular formula is C24H26N2O4. The fraction of sp³-hybridized carbons (Fsp3) is 0.292. The van der Waals surface area contributed by atoms with Crippen molar-refractivity contribution >= 4 is 21.9 Å². The average Bonchev–Trinajstić information content (AvgIpc) is 3.16. The highest BCUT2D eigenvalue weighted by atomic mass is 16.5. The first-order valence-corrected chi connectivity index (χ1v) is 10.1. The highest BCUT2D eigenvalue weighted by Gasteiger charge is 2.10. The molecule has 30 heavy (non-hydrogen) atoms. The van der Waals surface area contributed by atoms with Crippen LogP contribution < -0.4 is 15.7 Å². The van der Waals surface area contributed by atoms with Gasteiger partial charge in [0.2, 0.25) is 0 Å². The number of aliphatic hydroxyl groups is 1. The molecule has 0 saturated heterocycles. The van der Waals surface area contributed by atoms with E-state index in [1.165, 1.54) is 10.9 Å². The second-order valence-electron chi connectivity index (χ2n) is 7.58. The Morgan fingerprint density at radius 1 is 1.13 bits per heavy atom. The Labute approximate surface area is 174 Å². The van der Waals surface area contributed by atoms with Gasteiger partial charge in [0.1, 0.15) is 24.0 Å². The molecule has 0 fully saturated rings. The first kappa shape index (κ1) is 20.2. The molecule has 3 N–H and O–H groups in total. The molecule has 2 heterocycles. The summed E-state index contributed by atoms with van der Waals surface area (Å²) in [7, 11) is 0. The van der Waals surface area contributed by atoms with Crippen molar-refractivity contribution in [3.8, 4) is 5.75 Å². The summed E-state index contributed by atoms with van der Waals surface area (Å²) in [5.41, 5.74) is 4.07. The van der Waals surface area contributed by atoms with Gasteiger partial charge >= 0.3 is 5.63 Å². The maximum Gasteiger partial charge on any atom is 0.339 e. The lowest BCUT2D eigenvalue weighted by atomic mass is 10.1. The lowest BCUT2D eigenvalue weighted by Crippen LogP contribution is -2.32. The highest BCUT2D eigenvalue weighted by molar-refractivity contribution is 5.83. The third-order valence-electron chi connectivity index (χ3n) is 5.50. The van der Waals surface area contributed by atoms with Crippen LogP contribution in [0.25, 0.3) is 21.9 Å². The van der Waals surface area contributed by atoms with Crippen LogP contribution in [0.15, 0.2) is 57.9 Å². The van der Waals surface area contributed by atoms with Crippen LogP contribution in [0.1, 0.15) is 16.7 Å². The van der Waals surface area contributed by atoms with Crippen molar-refractivity contribution in [3.63, 3.8) is 0 Å². The summed E-state index contributed by atoms with van der Waals surface area (Å²) in [6.45, 7) is 5.01. The highest BCUT2D eigenvalue weighted by Crippen LogP contribution is 2.24. The Morgan fingerprint density at radius 3 is 2.83 bits per heavy atom. The number of hydrogen-bond acceptors (Lipinski definition) is 5. The normalized spacial score (nSPS) is 12.5. The van der Waals surface area contributed by atoms with Gasteiger partial charge in [-0.15, -0.1) is 0 Å². The first-order valence-electron chi connectivity index (χ1n) is 10.1. The number of benzene rings is 2. The van der Waals surface area contributed by atoms with E-state index >= 15 is 0 Å². The number of H-pyrrole nitrogens is 1. The van der Waals surface area contributed by atoms with Gasteiger partial charge in [-0.25, -0.2) is 4.79 Å². The van der Waals surface area contributed by atoms with Crippen molar-refractivity contribution in [2.75, 3.05) is 19.7 Å². The summed E-state index contributed by atoms with van der Waals surface area (Å²) in [5.74, 6) is 0.562. The molecule has 4 rings (SSSR count). The van der Waals surface area contributed by atoms with Crippen molar-refractivity contribution in [1.82, 2.24) is 10.3 Å². The van der Waals surface area contributed by atoms with Crippen molar-refractivity contribution in [3.05, 3.63) is 75.8 Å². The summed E-state index contributed by atoms with van der Waals surface area (Å²) >= 11 is 0. The van der Waals surface area contributed by atoms with E-state index in [-0.39, 0.29) is 12.2 Å². The zero-order chi connectivity index (χ0) is 21.1. The lowest BCUT2D eigenvalue weighted by molar-refractivity contribution is 0.106. The summed E-state index contributed by atoms with van der Waals surface area (Å²) in [4.78, 5) is 15.2. The molecule has 1 atom stereocenters. The Bertz CT molecular complexity index is 1230. The van der Waals surface area contributed by atoms with E-state index in [2.05, 4.69) is 22.4 Å². The molecule has 2 aromatic carbocycles. The minimum absolute atomic E-state index is 0.153. The van der Waals surface area contributed by atoms with Gasteiger partial charge < -0.3 is 24.6 Å². The molecule has 1 unspecified atom stereocenters. The van der Waals surface area contributed by atoms with E-state index in [1.54, 1.807) is 13.0 Å². The molecule has 0 bridgehead atoms. The molecule has 0 amide bonds. The van der Waals surface area contributed by atoms with Crippen molar-refractivity contribution in [2.45, 2.75) is 26.4 Å². The van der Waals surface area contributed by atoms with Crippen LogP contribution in [0.2, 0.25) is 0 Å². The van der Waals surface area contributed by atoms with Gasteiger partial charge in [0.25, 0.3) is 0 Å². The van der Waals surface area contributed by atoms with Gasteiger partial charge in [0, 0.05) is 40.7 Å². The lowest BCUT2D eigenvalue weighted by Gasteiger charge is -2.14. The first-order chi connectivity index (χ1) is 14.5. The zero-order valence-corrected chi connectivity index (χ0v) is 17.2. The van der Waals surface area contributed by atoms with Gasteiger partial charge in [-0.2, -0.15) is 0 Å². The smallest absolute Gasteiger partial charge is 0.339 e. The van der Waals surface area contributed by atoms with E-state index in [0.717, 1.165) is 29.4 Å². The number of fused-ring (bicyclic) bond motifs is 2. The number of aryl methyl sites for hydroxylation is 1. The molecule has 0 spiro atoms. The van der Waals surface area contributed by atoms with E-state index in [9.17, 15) is 9.90 Å².